The maximum absolute atomic E-state index is 14.0. The largest absolute Gasteiger partial charge is 0.489 e. The van der Waals surface area contributed by atoms with Crippen LogP contribution in [0.2, 0.25) is 0 Å². The molecule has 3 aromatic rings. The number of pyridine rings is 1. The van der Waals surface area contributed by atoms with Gasteiger partial charge in [-0.2, -0.15) is 4.52 Å². The lowest BCUT2D eigenvalue weighted by Gasteiger charge is -2.19. The Morgan fingerprint density at radius 1 is 1.44 bits per heavy atom. The van der Waals surface area contributed by atoms with E-state index in [1.165, 1.54) is 4.52 Å². The van der Waals surface area contributed by atoms with Crippen LogP contribution in [0.1, 0.15) is 23.7 Å². The quantitative estimate of drug-likeness (QED) is 0.676. The molecule has 1 aromatic carbocycles. The average molecular weight is 372 g/mol. The van der Waals surface area contributed by atoms with E-state index in [0.717, 1.165) is 0 Å². The van der Waals surface area contributed by atoms with Crippen LogP contribution in [0.25, 0.3) is 16.6 Å². The number of rotatable bonds is 5. The number of tetrazole rings is 1. The Morgan fingerprint density at radius 2 is 2.26 bits per heavy atom. The van der Waals surface area contributed by atoms with E-state index in [1.807, 2.05) is 6.92 Å². The maximum Gasteiger partial charge on any atom is 0.255 e. The number of hydrogen-bond donors (Lipinski definition) is 2. The van der Waals surface area contributed by atoms with E-state index in [2.05, 4.69) is 20.8 Å². The number of halogens is 1. The SMILES string of the molecule is CC[C@@H]1[C@H](F)C(=O)N[C@@H]1COc1cccc2cc(C(N)=O)c3nnnn3c12. The second-order valence-corrected chi connectivity index (χ2v) is 6.43. The third kappa shape index (κ3) is 2.73. The number of primary amides is 1. The third-order valence-electron chi connectivity index (χ3n) is 4.88. The predicted octanol–water partition coefficient (Wildman–Crippen LogP) is 0.618. The minimum atomic E-state index is -1.53. The van der Waals surface area contributed by atoms with Crippen LogP contribution in [-0.2, 0) is 4.79 Å². The van der Waals surface area contributed by atoms with Crippen LogP contribution in [0.3, 0.4) is 0 Å². The lowest BCUT2D eigenvalue weighted by Crippen LogP contribution is -2.34. The van der Waals surface area contributed by atoms with Crippen molar-refractivity contribution in [3.8, 4) is 5.75 Å². The molecule has 2 aromatic heterocycles. The molecule has 0 spiro atoms. The van der Waals surface area contributed by atoms with Gasteiger partial charge in [-0.1, -0.05) is 19.1 Å². The molecule has 4 rings (SSSR count). The fourth-order valence-corrected chi connectivity index (χ4v) is 3.51. The Hall–Kier alpha value is -3.30. The Balaban J connectivity index is 1.72. The van der Waals surface area contributed by atoms with Gasteiger partial charge in [-0.25, -0.2) is 4.39 Å². The topological polar surface area (TPSA) is 124 Å². The van der Waals surface area contributed by atoms with Gasteiger partial charge in [0.2, 0.25) is 0 Å². The lowest BCUT2D eigenvalue weighted by atomic mass is 9.97. The molecule has 3 N–H and O–H groups in total. The van der Waals surface area contributed by atoms with E-state index < -0.39 is 29.9 Å². The Morgan fingerprint density at radius 3 is 3.00 bits per heavy atom. The molecule has 27 heavy (non-hydrogen) atoms. The molecule has 1 aliphatic heterocycles. The van der Waals surface area contributed by atoms with Gasteiger partial charge < -0.3 is 15.8 Å². The number of para-hydroxylation sites is 1. The number of nitrogens with zero attached hydrogens (tertiary/aromatic N) is 4. The van der Waals surface area contributed by atoms with Crippen molar-refractivity contribution in [3.05, 3.63) is 29.8 Å². The lowest BCUT2D eigenvalue weighted by molar-refractivity contribution is -0.123. The first-order valence-electron chi connectivity index (χ1n) is 8.52. The van der Waals surface area contributed by atoms with Gasteiger partial charge in [0.25, 0.3) is 11.8 Å². The number of benzene rings is 1. The van der Waals surface area contributed by atoms with E-state index in [0.29, 0.717) is 23.1 Å². The molecule has 1 fully saturated rings. The first-order chi connectivity index (χ1) is 13.0. The number of ether oxygens (including phenoxy) is 1. The summed E-state index contributed by atoms with van der Waals surface area (Å²) in [6.07, 6.45) is -1.01. The number of nitrogens with one attached hydrogen (secondary N) is 1. The highest BCUT2D eigenvalue weighted by Crippen LogP contribution is 2.29. The summed E-state index contributed by atoms with van der Waals surface area (Å²) in [6.45, 7) is 1.93. The highest BCUT2D eigenvalue weighted by Gasteiger charge is 2.41. The van der Waals surface area contributed by atoms with E-state index in [1.54, 1.807) is 24.3 Å². The maximum atomic E-state index is 14.0. The molecule has 2 amide bonds. The van der Waals surface area contributed by atoms with Gasteiger partial charge in [0.1, 0.15) is 17.9 Å². The Kier molecular flexibility index (Phi) is 4.09. The fourth-order valence-electron chi connectivity index (χ4n) is 3.51. The molecule has 3 atom stereocenters. The van der Waals surface area contributed by atoms with Crippen molar-refractivity contribution in [2.45, 2.75) is 25.6 Å². The van der Waals surface area contributed by atoms with E-state index in [4.69, 9.17) is 10.5 Å². The standard InChI is InChI=1S/C17H17FN6O3/c1-2-9-11(20-17(26)13(9)18)7-27-12-5-3-4-8-6-10(15(19)25)16-21-22-23-24(16)14(8)12/h3-6,9,11,13H,2,7H2,1H3,(H2,19,25)(H,20,26)/t9-,11+,13-/m0/s1. The third-order valence-corrected chi connectivity index (χ3v) is 4.88. The number of amides is 2. The summed E-state index contributed by atoms with van der Waals surface area (Å²) in [4.78, 5) is 23.3. The number of fused-ring (bicyclic) bond motifs is 3. The number of alkyl halides is 1. The molecule has 1 saturated heterocycles. The molecule has 0 aliphatic carbocycles. The molecule has 0 unspecified atom stereocenters. The summed E-state index contributed by atoms with van der Waals surface area (Å²) in [5.41, 5.74) is 6.38. The monoisotopic (exact) mass is 372 g/mol. The van der Waals surface area contributed by atoms with Gasteiger partial charge in [0.15, 0.2) is 11.8 Å². The van der Waals surface area contributed by atoms with Crippen molar-refractivity contribution in [1.29, 1.82) is 0 Å². The second-order valence-electron chi connectivity index (χ2n) is 6.43. The zero-order valence-electron chi connectivity index (χ0n) is 14.4. The summed E-state index contributed by atoms with van der Waals surface area (Å²) in [5, 5.41) is 14.7. The molecule has 0 saturated carbocycles. The summed E-state index contributed by atoms with van der Waals surface area (Å²) in [7, 11) is 0. The van der Waals surface area contributed by atoms with E-state index >= 15 is 0 Å². The molecule has 140 valence electrons. The number of nitrogens with two attached hydrogens (primary N) is 1. The summed E-state index contributed by atoms with van der Waals surface area (Å²) < 4.78 is 21.2. The van der Waals surface area contributed by atoms with Crippen LogP contribution in [0.15, 0.2) is 24.3 Å². The second kappa shape index (κ2) is 6.45. The summed E-state index contributed by atoms with van der Waals surface area (Å²) in [6, 6.07) is 6.42. The smallest absolute Gasteiger partial charge is 0.255 e. The van der Waals surface area contributed by atoms with E-state index in [-0.39, 0.29) is 17.8 Å². The van der Waals surface area contributed by atoms with Gasteiger partial charge in [-0.05, 0) is 29.0 Å². The molecular formula is C17H17FN6O3. The van der Waals surface area contributed by atoms with Crippen LogP contribution >= 0.6 is 0 Å². The number of aromatic nitrogens is 4. The minimum absolute atomic E-state index is 0.102. The van der Waals surface area contributed by atoms with Gasteiger partial charge in [0.05, 0.1) is 11.6 Å². The molecule has 10 heteroatoms. The first kappa shape index (κ1) is 17.1. The predicted molar refractivity (Wildman–Crippen MR) is 92.9 cm³/mol. The highest BCUT2D eigenvalue weighted by molar-refractivity contribution is 6.03. The van der Waals surface area contributed by atoms with Gasteiger partial charge >= 0.3 is 0 Å². The summed E-state index contributed by atoms with van der Waals surface area (Å²) in [5.74, 6) is -1.24. The molecule has 0 radical (unpaired) electrons. The van der Waals surface area contributed by atoms with Crippen LogP contribution in [0, 0.1) is 5.92 Å². The Labute approximate surface area is 152 Å². The van der Waals surface area contributed by atoms with E-state index in [9.17, 15) is 14.0 Å². The van der Waals surface area contributed by atoms with Crippen LogP contribution in [0.4, 0.5) is 4.39 Å². The first-order valence-corrected chi connectivity index (χ1v) is 8.52. The molecular weight excluding hydrogens is 355 g/mol. The van der Waals surface area contributed by atoms with Crippen molar-refractivity contribution >= 4 is 28.4 Å². The number of hydrogen-bond acceptors (Lipinski definition) is 6. The highest BCUT2D eigenvalue weighted by atomic mass is 19.1. The van der Waals surface area contributed by atoms with Crippen LogP contribution < -0.4 is 15.8 Å². The normalized spacial score (nSPS) is 22.3. The molecule has 0 bridgehead atoms. The minimum Gasteiger partial charge on any atom is -0.489 e. The molecule has 1 aliphatic rings. The van der Waals surface area contributed by atoms with Gasteiger partial charge in [-0.15, -0.1) is 5.10 Å². The van der Waals surface area contributed by atoms with Crippen molar-refractivity contribution in [3.63, 3.8) is 0 Å². The van der Waals surface area contributed by atoms with Crippen LogP contribution in [0.5, 0.6) is 5.75 Å². The average Bonchev–Trinajstić information content (AvgIpc) is 3.24. The van der Waals surface area contributed by atoms with Crippen LogP contribution in [-0.4, -0.2) is 50.7 Å². The Bertz CT molecular complexity index is 1050. The fraction of sp³-hybridized carbons (Fsp3) is 0.353. The molecule has 3 heterocycles. The van der Waals surface area contributed by atoms with Crippen molar-refractivity contribution in [2.24, 2.45) is 11.7 Å². The van der Waals surface area contributed by atoms with Crippen molar-refractivity contribution in [1.82, 2.24) is 25.4 Å². The number of carbonyl (C=O) groups is 2. The van der Waals surface area contributed by atoms with Gasteiger partial charge in [-0.3, -0.25) is 9.59 Å². The zero-order chi connectivity index (χ0) is 19.1. The zero-order valence-corrected chi connectivity index (χ0v) is 14.4. The van der Waals surface area contributed by atoms with Crippen molar-refractivity contribution < 1.29 is 18.7 Å². The molecule has 9 nitrogen and oxygen atoms in total. The van der Waals surface area contributed by atoms with Crippen molar-refractivity contribution in [2.75, 3.05) is 6.61 Å². The van der Waals surface area contributed by atoms with Gasteiger partial charge in [0, 0.05) is 11.3 Å². The number of carbonyl (C=O) groups excluding carboxylic acids is 2. The summed E-state index contributed by atoms with van der Waals surface area (Å²) >= 11 is 0.